The highest BCUT2D eigenvalue weighted by atomic mass is 79.9. The quantitative estimate of drug-likeness (QED) is 0.783. The molecule has 20 heavy (non-hydrogen) atoms. The van der Waals surface area contributed by atoms with E-state index in [1.165, 1.54) is 0 Å². The van der Waals surface area contributed by atoms with Crippen LogP contribution in [0.2, 0.25) is 0 Å². The number of H-pyrrole nitrogens is 1. The van der Waals surface area contributed by atoms with Gasteiger partial charge >= 0.3 is 5.97 Å². The van der Waals surface area contributed by atoms with Gasteiger partial charge < -0.3 is 15.4 Å². The van der Waals surface area contributed by atoms with Gasteiger partial charge in [0.15, 0.2) is 0 Å². The maximum Gasteiger partial charge on any atom is 0.303 e. The third-order valence-electron chi connectivity index (χ3n) is 3.07. The zero-order valence-electron chi connectivity index (χ0n) is 10.9. The van der Waals surface area contributed by atoms with Crippen LogP contribution >= 0.6 is 15.9 Å². The molecule has 5 nitrogen and oxygen atoms in total. The van der Waals surface area contributed by atoms with Crippen LogP contribution in [0.3, 0.4) is 0 Å². The van der Waals surface area contributed by atoms with Crippen molar-refractivity contribution in [1.82, 2.24) is 10.3 Å². The minimum Gasteiger partial charge on any atom is -0.481 e. The molecule has 3 N–H and O–H groups in total. The van der Waals surface area contributed by atoms with Gasteiger partial charge in [-0.2, -0.15) is 0 Å². The molecule has 1 aromatic carbocycles. The highest BCUT2D eigenvalue weighted by molar-refractivity contribution is 9.10. The summed E-state index contributed by atoms with van der Waals surface area (Å²) in [6.45, 7) is 1.80. The molecule has 0 aliphatic heterocycles. The second kappa shape index (κ2) is 6.09. The van der Waals surface area contributed by atoms with E-state index in [4.69, 9.17) is 5.11 Å². The first-order valence-electron chi connectivity index (χ1n) is 6.27. The Morgan fingerprint density at radius 1 is 1.45 bits per heavy atom. The van der Waals surface area contributed by atoms with Crippen LogP contribution in [0.15, 0.2) is 28.9 Å². The van der Waals surface area contributed by atoms with Crippen LogP contribution in [0.1, 0.15) is 30.1 Å². The van der Waals surface area contributed by atoms with Crippen molar-refractivity contribution >= 4 is 38.7 Å². The van der Waals surface area contributed by atoms with Crippen molar-refractivity contribution in [3.05, 3.63) is 34.4 Å². The summed E-state index contributed by atoms with van der Waals surface area (Å²) in [6.07, 6.45) is 2.11. The van der Waals surface area contributed by atoms with Gasteiger partial charge in [0, 0.05) is 34.0 Å². The van der Waals surface area contributed by atoms with E-state index < -0.39 is 5.97 Å². The van der Waals surface area contributed by atoms with Crippen molar-refractivity contribution in [3.63, 3.8) is 0 Å². The smallest absolute Gasteiger partial charge is 0.303 e. The molecular formula is C14H15BrN2O3. The molecule has 0 fully saturated rings. The Morgan fingerprint density at radius 2 is 2.20 bits per heavy atom. The number of aromatic nitrogens is 1. The average Bonchev–Trinajstić information content (AvgIpc) is 2.81. The maximum absolute atomic E-state index is 12.2. The molecule has 0 saturated carbocycles. The van der Waals surface area contributed by atoms with Gasteiger partial charge in [-0.25, -0.2) is 0 Å². The van der Waals surface area contributed by atoms with E-state index in [1.807, 2.05) is 18.2 Å². The van der Waals surface area contributed by atoms with Crippen molar-refractivity contribution in [2.75, 3.05) is 0 Å². The Kier molecular flexibility index (Phi) is 4.44. The molecule has 0 spiro atoms. The van der Waals surface area contributed by atoms with E-state index in [1.54, 1.807) is 13.1 Å². The number of nitrogens with one attached hydrogen (secondary N) is 2. The molecule has 2 aromatic rings. The Bertz CT molecular complexity index is 651. The van der Waals surface area contributed by atoms with Gasteiger partial charge in [-0.05, 0) is 25.5 Å². The molecule has 1 aromatic heterocycles. The minimum absolute atomic E-state index is 0.0407. The number of aromatic amines is 1. The molecule has 0 aliphatic rings. The monoisotopic (exact) mass is 338 g/mol. The van der Waals surface area contributed by atoms with Gasteiger partial charge in [-0.15, -0.1) is 0 Å². The number of hydrogen-bond acceptors (Lipinski definition) is 2. The van der Waals surface area contributed by atoms with Crippen LogP contribution in [-0.4, -0.2) is 28.0 Å². The Balaban J connectivity index is 2.14. The number of aliphatic carboxylic acids is 1. The maximum atomic E-state index is 12.2. The van der Waals surface area contributed by atoms with Crippen LogP contribution in [0.4, 0.5) is 0 Å². The van der Waals surface area contributed by atoms with Crippen LogP contribution in [0, 0.1) is 0 Å². The van der Waals surface area contributed by atoms with Gasteiger partial charge in [-0.1, -0.05) is 22.0 Å². The molecular weight excluding hydrogens is 324 g/mol. The highest BCUT2D eigenvalue weighted by Gasteiger charge is 2.16. The summed E-state index contributed by atoms with van der Waals surface area (Å²) in [6, 6.07) is 5.47. The molecule has 1 heterocycles. The molecule has 0 bridgehead atoms. The second-order valence-corrected chi connectivity index (χ2v) is 5.53. The van der Waals surface area contributed by atoms with Gasteiger partial charge in [0.2, 0.25) is 0 Å². The minimum atomic E-state index is -0.860. The van der Waals surface area contributed by atoms with E-state index in [0.29, 0.717) is 12.0 Å². The van der Waals surface area contributed by atoms with Gasteiger partial charge in [0.25, 0.3) is 5.91 Å². The summed E-state index contributed by atoms with van der Waals surface area (Å²) in [7, 11) is 0. The summed E-state index contributed by atoms with van der Waals surface area (Å²) in [4.78, 5) is 25.8. The fourth-order valence-electron chi connectivity index (χ4n) is 2.03. The number of rotatable bonds is 5. The van der Waals surface area contributed by atoms with Crippen molar-refractivity contribution in [2.24, 2.45) is 0 Å². The van der Waals surface area contributed by atoms with E-state index in [0.717, 1.165) is 15.4 Å². The van der Waals surface area contributed by atoms with Crippen molar-refractivity contribution in [3.8, 4) is 0 Å². The van der Waals surface area contributed by atoms with Gasteiger partial charge in [0.1, 0.15) is 0 Å². The number of carboxylic acids is 1. The number of carbonyl (C=O) groups excluding carboxylic acids is 1. The van der Waals surface area contributed by atoms with Crippen molar-refractivity contribution in [2.45, 2.75) is 25.8 Å². The number of carbonyl (C=O) groups is 2. The number of amides is 1. The number of benzene rings is 1. The first kappa shape index (κ1) is 14.6. The van der Waals surface area contributed by atoms with E-state index in [-0.39, 0.29) is 18.4 Å². The number of carboxylic acid groups (broad SMARTS) is 1. The lowest BCUT2D eigenvalue weighted by molar-refractivity contribution is -0.137. The highest BCUT2D eigenvalue weighted by Crippen LogP contribution is 2.26. The topological polar surface area (TPSA) is 82.2 Å². The molecule has 0 radical (unpaired) electrons. The van der Waals surface area contributed by atoms with Crippen LogP contribution in [0.5, 0.6) is 0 Å². The lowest BCUT2D eigenvalue weighted by Crippen LogP contribution is -2.32. The molecule has 1 unspecified atom stereocenters. The lowest BCUT2D eigenvalue weighted by Gasteiger charge is -2.12. The first-order chi connectivity index (χ1) is 9.49. The lowest BCUT2D eigenvalue weighted by atomic mass is 10.1. The van der Waals surface area contributed by atoms with Crippen molar-refractivity contribution in [1.29, 1.82) is 0 Å². The van der Waals surface area contributed by atoms with E-state index >= 15 is 0 Å². The number of hydrogen-bond donors (Lipinski definition) is 3. The summed E-state index contributed by atoms with van der Waals surface area (Å²) >= 11 is 3.43. The fraction of sp³-hybridized carbons (Fsp3) is 0.286. The summed E-state index contributed by atoms with van der Waals surface area (Å²) < 4.78 is 0.847. The van der Waals surface area contributed by atoms with E-state index in [9.17, 15) is 9.59 Å². The molecule has 1 atom stereocenters. The molecule has 2 rings (SSSR count). The molecule has 106 valence electrons. The molecule has 1 amide bonds. The predicted octanol–water partition coefficient (Wildman–Crippen LogP) is 2.91. The van der Waals surface area contributed by atoms with Crippen molar-refractivity contribution < 1.29 is 14.7 Å². The van der Waals surface area contributed by atoms with E-state index in [2.05, 4.69) is 26.2 Å². The molecule has 6 heteroatoms. The number of halogens is 1. The largest absolute Gasteiger partial charge is 0.481 e. The average molecular weight is 339 g/mol. The Morgan fingerprint density at radius 3 is 2.90 bits per heavy atom. The SMILES string of the molecule is CC(CCC(=O)O)NC(=O)c1c[nH]c2cccc(Br)c12. The third kappa shape index (κ3) is 3.19. The van der Waals surface area contributed by atoms with Gasteiger partial charge in [0.05, 0.1) is 5.56 Å². The molecule has 0 aliphatic carbocycles. The summed E-state index contributed by atoms with van der Waals surface area (Å²) in [5.74, 6) is -1.07. The Labute approximate surface area is 124 Å². The zero-order chi connectivity index (χ0) is 14.7. The third-order valence-corrected chi connectivity index (χ3v) is 3.73. The predicted molar refractivity (Wildman–Crippen MR) is 79.8 cm³/mol. The summed E-state index contributed by atoms with van der Waals surface area (Å²) in [5, 5.41) is 12.3. The first-order valence-corrected chi connectivity index (χ1v) is 7.06. The number of fused-ring (bicyclic) bond motifs is 1. The van der Waals surface area contributed by atoms with Crippen LogP contribution in [-0.2, 0) is 4.79 Å². The summed E-state index contributed by atoms with van der Waals surface area (Å²) in [5.41, 5.74) is 1.43. The standard InChI is InChI=1S/C14H15BrN2O3/c1-8(5-6-12(18)19)17-14(20)9-7-16-11-4-2-3-10(15)13(9)11/h2-4,7-8,16H,5-6H2,1H3,(H,17,20)(H,18,19). The van der Waals surface area contributed by atoms with Crippen LogP contribution < -0.4 is 5.32 Å². The fourth-order valence-corrected chi connectivity index (χ4v) is 2.61. The van der Waals surface area contributed by atoms with Crippen LogP contribution in [0.25, 0.3) is 10.9 Å². The molecule has 0 saturated heterocycles. The zero-order valence-corrected chi connectivity index (χ0v) is 12.5. The second-order valence-electron chi connectivity index (χ2n) is 4.67. The normalized spacial score (nSPS) is 12.3. The Hall–Kier alpha value is -1.82. The van der Waals surface area contributed by atoms with Gasteiger partial charge in [-0.3, -0.25) is 9.59 Å².